The maximum atomic E-state index is 11.9. The summed E-state index contributed by atoms with van der Waals surface area (Å²) in [5.41, 5.74) is 2.02. The van der Waals surface area contributed by atoms with Crippen LogP contribution in [-0.2, 0) is 6.54 Å². The fourth-order valence-electron chi connectivity index (χ4n) is 1.89. The second-order valence-electron chi connectivity index (χ2n) is 4.42. The molecule has 2 N–H and O–H groups in total. The van der Waals surface area contributed by atoms with Crippen molar-refractivity contribution >= 4 is 6.03 Å². The highest BCUT2D eigenvalue weighted by molar-refractivity contribution is 5.74. The van der Waals surface area contributed by atoms with Crippen LogP contribution in [0.3, 0.4) is 0 Å². The molecule has 5 nitrogen and oxygen atoms in total. The number of benzene rings is 1. The topological polar surface area (TPSA) is 61.8 Å². The van der Waals surface area contributed by atoms with Gasteiger partial charge in [-0.15, -0.1) is 6.58 Å². The quantitative estimate of drug-likeness (QED) is 0.746. The van der Waals surface area contributed by atoms with E-state index < -0.39 is 0 Å². The average Bonchev–Trinajstić information content (AvgIpc) is 2.44. The first-order chi connectivity index (χ1) is 9.62. The molecule has 0 aliphatic carbocycles. The van der Waals surface area contributed by atoms with Crippen molar-refractivity contribution in [3.8, 4) is 5.75 Å². The minimum Gasteiger partial charge on any atom is -0.496 e. The van der Waals surface area contributed by atoms with E-state index in [1.165, 1.54) is 4.90 Å². The van der Waals surface area contributed by atoms with Crippen molar-refractivity contribution in [2.24, 2.45) is 0 Å². The van der Waals surface area contributed by atoms with Crippen molar-refractivity contribution in [3.63, 3.8) is 0 Å². The van der Waals surface area contributed by atoms with Crippen molar-refractivity contribution in [1.29, 1.82) is 0 Å². The number of aryl methyl sites for hydroxylation is 1. The Hall–Kier alpha value is -2.01. The van der Waals surface area contributed by atoms with Crippen molar-refractivity contribution in [2.45, 2.75) is 13.5 Å². The minimum atomic E-state index is -0.215. The second-order valence-corrected chi connectivity index (χ2v) is 4.42. The third-order valence-electron chi connectivity index (χ3n) is 2.91. The van der Waals surface area contributed by atoms with Crippen LogP contribution in [0.4, 0.5) is 4.79 Å². The van der Waals surface area contributed by atoms with Crippen LogP contribution in [0.5, 0.6) is 5.75 Å². The molecular formula is C15H22N2O3. The lowest BCUT2D eigenvalue weighted by Gasteiger charge is -2.20. The maximum Gasteiger partial charge on any atom is 0.318 e. The van der Waals surface area contributed by atoms with E-state index in [-0.39, 0.29) is 12.6 Å². The van der Waals surface area contributed by atoms with Crippen molar-refractivity contribution in [2.75, 3.05) is 26.8 Å². The number of methoxy groups -OCH3 is 1. The molecule has 0 bridgehead atoms. The van der Waals surface area contributed by atoms with Gasteiger partial charge in [0.25, 0.3) is 0 Å². The molecule has 0 aliphatic rings. The van der Waals surface area contributed by atoms with Crippen LogP contribution in [0.25, 0.3) is 0 Å². The molecule has 0 fully saturated rings. The number of nitrogens with zero attached hydrogens (tertiary/aromatic N) is 1. The number of carbonyl (C=O) groups is 1. The van der Waals surface area contributed by atoms with Gasteiger partial charge >= 0.3 is 6.03 Å². The largest absolute Gasteiger partial charge is 0.496 e. The van der Waals surface area contributed by atoms with Gasteiger partial charge < -0.3 is 20.1 Å². The molecule has 1 aromatic rings. The number of ether oxygens (including phenoxy) is 1. The maximum absolute atomic E-state index is 11.9. The van der Waals surface area contributed by atoms with Crippen molar-refractivity contribution in [3.05, 3.63) is 42.0 Å². The standard InChI is InChI=1S/C15H22N2O3/c1-4-7-17(8-9-18)15(19)16-11-13-5-6-14(20-3)12(2)10-13/h4-6,10,18H,1,7-9,11H2,2-3H3,(H,16,19). The van der Waals surface area contributed by atoms with E-state index in [0.29, 0.717) is 19.6 Å². The zero-order chi connectivity index (χ0) is 15.0. The average molecular weight is 278 g/mol. The van der Waals surface area contributed by atoms with Crippen molar-refractivity contribution in [1.82, 2.24) is 10.2 Å². The lowest BCUT2D eigenvalue weighted by Crippen LogP contribution is -2.41. The SMILES string of the molecule is C=CCN(CCO)C(=O)NCc1ccc(OC)c(C)c1. The van der Waals surface area contributed by atoms with Gasteiger partial charge in [-0.2, -0.15) is 0 Å². The zero-order valence-electron chi connectivity index (χ0n) is 12.1. The van der Waals surface area contributed by atoms with Gasteiger partial charge in [0.15, 0.2) is 0 Å². The predicted octanol–water partition coefficient (Wildman–Crippen LogP) is 1.69. The summed E-state index contributed by atoms with van der Waals surface area (Å²) in [6.45, 7) is 6.62. The minimum absolute atomic E-state index is 0.0666. The van der Waals surface area contributed by atoms with Gasteiger partial charge in [-0.25, -0.2) is 4.79 Å². The van der Waals surface area contributed by atoms with Gasteiger partial charge in [-0.1, -0.05) is 18.2 Å². The molecule has 0 spiro atoms. The summed E-state index contributed by atoms with van der Waals surface area (Å²) < 4.78 is 5.19. The summed E-state index contributed by atoms with van der Waals surface area (Å²) in [6.07, 6.45) is 1.63. The molecule has 0 radical (unpaired) electrons. The Kier molecular flexibility index (Phi) is 6.59. The predicted molar refractivity (Wildman–Crippen MR) is 78.8 cm³/mol. The van der Waals surface area contributed by atoms with E-state index >= 15 is 0 Å². The van der Waals surface area contributed by atoms with E-state index in [1.807, 2.05) is 25.1 Å². The number of amides is 2. The highest BCUT2D eigenvalue weighted by Crippen LogP contribution is 2.18. The number of rotatable bonds is 7. The monoisotopic (exact) mass is 278 g/mol. The molecule has 0 atom stereocenters. The molecule has 0 heterocycles. The van der Waals surface area contributed by atoms with Crippen LogP contribution >= 0.6 is 0 Å². The highest BCUT2D eigenvalue weighted by Gasteiger charge is 2.10. The van der Waals surface area contributed by atoms with Gasteiger partial charge in [-0.05, 0) is 24.1 Å². The Balaban J connectivity index is 2.59. The molecule has 1 rings (SSSR count). The zero-order valence-corrected chi connectivity index (χ0v) is 12.1. The Morgan fingerprint density at radius 2 is 2.30 bits per heavy atom. The molecular weight excluding hydrogens is 256 g/mol. The summed E-state index contributed by atoms with van der Waals surface area (Å²) in [5.74, 6) is 0.827. The Morgan fingerprint density at radius 1 is 1.55 bits per heavy atom. The molecule has 5 heteroatoms. The lowest BCUT2D eigenvalue weighted by atomic mass is 10.1. The van der Waals surface area contributed by atoms with E-state index in [0.717, 1.165) is 16.9 Å². The number of hydrogen-bond donors (Lipinski definition) is 2. The Morgan fingerprint density at radius 3 is 2.85 bits per heavy atom. The molecule has 2 amide bonds. The van der Waals surface area contributed by atoms with Gasteiger partial charge in [-0.3, -0.25) is 0 Å². The van der Waals surface area contributed by atoms with Crippen molar-refractivity contribution < 1.29 is 14.6 Å². The molecule has 0 saturated carbocycles. The molecule has 0 saturated heterocycles. The normalized spacial score (nSPS) is 9.95. The molecule has 0 aliphatic heterocycles. The first-order valence-electron chi connectivity index (χ1n) is 6.50. The van der Waals surface area contributed by atoms with Crippen LogP contribution in [0, 0.1) is 6.92 Å². The van der Waals surface area contributed by atoms with E-state index in [2.05, 4.69) is 11.9 Å². The summed E-state index contributed by atoms with van der Waals surface area (Å²) in [6, 6.07) is 5.55. The summed E-state index contributed by atoms with van der Waals surface area (Å²) in [7, 11) is 1.63. The van der Waals surface area contributed by atoms with Gasteiger partial charge in [0.05, 0.1) is 13.7 Å². The number of carbonyl (C=O) groups excluding carboxylic acids is 1. The molecule has 0 aromatic heterocycles. The van der Waals surface area contributed by atoms with Gasteiger partial charge in [0, 0.05) is 19.6 Å². The van der Waals surface area contributed by atoms with Crippen LogP contribution in [0.1, 0.15) is 11.1 Å². The fourth-order valence-corrected chi connectivity index (χ4v) is 1.89. The number of aliphatic hydroxyl groups is 1. The number of hydrogen-bond acceptors (Lipinski definition) is 3. The van der Waals surface area contributed by atoms with Crippen LogP contribution < -0.4 is 10.1 Å². The Bertz CT molecular complexity index is 460. The molecule has 1 aromatic carbocycles. The van der Waals surface area contributed by atoms with E-state index in [1.54, 1.807) is 13.2 Å². The van der Waals surface area contributed by atoms with Crippen LogP contribution in [-0.4, -0.2) is 42.8 Å². The summed E-state index contributed by atoms with van der Waals surface area (Å²) in [5, 5.41) is 11.7. The number of nitrogens with one attached hydrogen (secondary N) is 1. The summed E-state index contributed by atoms with van der Waals surface area (Å²) >= 11 is 0. The first kappa shape index (κ1) is 16.0. The van der Waals surface area contributed by atoms with Crippen LogP contribution in [0.2, 0.25) is 0 Å². The second kappa shape index (κ2) is 8.22. The fraction of sp³-hybridized carbons (Fsp3) is 0.400. The third kappa shape index (κ3) is 4.59. The van der Waals surface area contributed by atoms with E-state index in [9.17, 15) is 4.79 Å². The molecule has 110 valence electrons. The summed E-state index contributed by atoms with van der Waals surface area (Å²) in [4.78, 5) is 13.4. The molecule has 20 heavy (non-hydrogen) atoms. The smallest absolute Gasteiger partial charge is 0.318 e. The highest BCUT2D eigenvalue weighted by atomic mass is 16.5. The van der Waals surface area contributed by atoms with Crippen LogP contribution in [0.15, 0.2) is 30.9 Å². The number of urea groups is 1. The van der Waals surface area contributed by atoms with Gasteiger partial charge in [0.2, 0.25) is 0 Å². The third-order valence-corrected chi connectivity index (χ3v) is 2.91. The first-order valence-corrected chi connectivity index (χ1v) is 6.50. The number of aliphatic hydroxyl groups excluding tert-OH is 1. The molecule has 0 unspecified atom stereocenters. The lowest BCUT2D eigenvalue weighted by molar-refractivity contribution is 0.183. The Labute approximate surface area is 119 Å². The van der Waals surface area contributed by atoms with E-state index in [4.69, 9.17) is 9.84 Å². The van der Waals surface area contributed by atoms with Gasteiger partial charge in [0.1, 0.15) is 5.75 Å².